The fourth-order valence-electron chi connectivity index (χ4n) is 11.2. The lowest BCUT2D eigenvalue weighted by Crippen LogP contribution is -2.57. The Morgan fingerprint density at radius 1 is 0.881 bits per heavy atom. The van der Waals surface area contributed by atoms with Crippen LogP contribution >= 0.6 is 0 Å². The van der Waals surface area contributed by atoms with E-state index in [0.29, 0.717) is 102 Å². The molecule has 0 spiro atoms. The van der Waals surface area contributed by atoms with Gasteiger partial charge in [0.05, 0.1) is 35.1 Å². The van der Waals surface area contributed by atoms with Crippen molar-refractivity contribution in [3.8, 4) is 11.4 Å². The number of hydrogen-bond acceptors (Lipinski definition) is 15. The highest BCUT2D eigenvalue weighted by Crippen LogP contribution is 2.46. The number of ether oxygens (including phenoxy) is 2. The van der Waals surface area contributed by atoms with E-state index < -0.39 is 88.8 Å². The fraction of sp³-hybridized carbons (Fsp3) is 0.475. The van der Waals surface area contributed by atoms with Gasteiger partial charge in [0, 0.05) is 59.9 Å². The van der Waals surface area contributed by atoms with Crippen LogP contribution in [0.15, 0.2) is 53.3 Å². The molecule has 0 radical (unpaired) electrons. The predicted molar refractivity (Wildman–Crippen MR) is 303 cm³/mol. The summed E-state index contributed by atoms with van der Waals surface area (Å²) < 4.78 is 27.9. The van der Waals surface area contributed by atoms with Gasteiger partial charge in [-0.1, -0.05) is 39.3 Å². The lowest BCUT2D eigenvalue weighted by molar-refractivity contribution is -0.172. The molecule has 4 aliphatic rings. The number of hydrogen-bond donors (Lipinski definition) is 9. The molecule has 0 saturated heterocycles. The van der Waals surface area contributed by atoms with Gasteiger partial charge in [-0.3, -0.25) is 38.5 Å². The minimum absolute atomic E-state index is 0.0437. The van der Waals surface area contributed by atoms with Crippen molar-refractivity contribution >= 4 is 70.1 Å². The number of benzene rings is 2. The van der Waals surface area contributed by atoms with Crippen molar-refractivity contribution in [3.05, 3.63) is 104 Å². The number of anilines is 1. The smallest absolute Gasteiger partial charge is 0.407 e. The molecule has 4 aromatic rings. The highest BCUT2D eigenvalue weighted by molar-refractivity contribution is 6.12. The van der Waals surface area contributed by atoms with E-state index in [2.05, 4.69) is 31.9 Å². The minimum atomic E-state index is -2.06. The van der Waals surface area contributed by atoms with Crippen LogP contribution in [-0.4, -0.2) is 111 Å². The number of aryl methyl sites for hydroxylation is 1. The van der Waals surface area contributed by atoms with E-state index in [-0.39, 0.29) is 87.9 Å². The lowest BCUT2D eigenvalue weighted by Gasteiger charge is -2.31. The third kappa shape index (κ3) is 13.6. The summed E-state index contributed by atoms with van der Waals surface area (Å²) in [6.07, 6.45) is 5.49. The molecule has 11 N–H and O–H groups in total. The second kappa shape index (κ2) is 26.8. The Labute approximate surface area is 483 Å². The first-order valence-electron chi connectivity index (χ1n) is 28.5. The largest absolute Gasteiger partial charge is 0.458 e. The van der Waals surface area contributed by atoms with Crippen LogP contribution in [0.5, 0.6) is 0 Å². The molecule has 25 heteroatoms. The number of rotatable bonds is 26. The van der Waals surface area contributed by atoms with Crippen LogP contribution in [0.25, 0.3) is 22.3 Å². The number of fused-ring (bicyclic) bond motifs is 5. The van der Waals surface area contributed by atoms with Crippen LogP contribution in [-0.2, 0) is 74.8 Å². The van der Waals surface area contributed by atoms with Gasteiger partial charge in [0.2, 0.25) is 23.6 Å². The fourth-order valence-corrected chi connectivity index (χ4v) is 11.2. The van der Waals surface area contributed by atoms with Crippen LogP contribution in [0.1, 0.15) is 136 Å². The summed E-state index contributed by atoms with van der Waals surface area (Å²) in [5, 5.41) is 28.6. The summed E-state index contributed by atoms with van der Waals surface area (Å²) in [5.41, 5.74) is 13.0. The molecule has 84 heavy (non-hydrogen) atoms. The Morgan fingerprint density at radius 2 is 1.60 bits per heavy atom. The maximum atomic E-state index is 15.5. The van der Waals surface area contributed by atoms with Gasteiger partial charge < -0.3 is 62.5 Å². The van der Waals surface area contributed by atoms with Crippen molar-refractivity contribution < 1.29 is 62.1 Å². The van der Waals surface area contributed by atoms with E-state index in [1.807, 2.05) is 0 Å². The average Bonchev–Trinajstić information content (AvgIpc) is 1.59. The Balaban J connectivity index is 0.897. The molecule has 8 rings (SSSR count). The highest BCUT2D eigenvalue weighted by Gasteiger charge is 2.46. The first kappa shape index (κ1) is 61.5. The van der Waals surface area contributed by atoms with Gasteiger partial charge in [0.1, 0.15) is 37.2 Å². The maximum Gasteiger partial charge on any atom is 0.407 e. The normalized spacial score (nSPS) is 17.6. The number of carbonyl (C=O) groups is 9. The van der Waals surface area contributed by atoms with Crippen LogP contribution in [0, 0.1) is 18.7 Å². The van der Waals surface area contributed by atoms with Crippen LogP contribution in [0.2, 0.25) is 0 Å². The van der Waals surface area contributed by atoms with Gasteiger partial charge in [0.25, 0.3) is 17.4 Å². The van der Waals surface area contributed by atoms with E-state index in [9.17, 15) is 53.1 Å². The van der Waals surface area contributed by atoms with Crippen molar-refractivity contribution in [2.24, 2.45) is 17.4 Å². The number of nitrogens with zero attached hydrogens (tertiary/aromatic N) is 3. The third-order valence-electron chi connectivity index (χ3n) is 15.9. The van der Waals surface area contributed by atoms with E-state index >= 15 is 4.39 Å². The van der Waals surface area contributed by atoms with Gasteiger partial charge in [-0.25, -0.2) is 23.8 Å². The van der Waals surface area contributed by atoms with Crippen molar-refractivity contribution in [2.45, 2.75) is 154 Å². The molecule has 2 aromatic heterocycles. The predicted octanol–water partition coefficient (Wildman–Crippen LogP) is 3.55. The van der Waals surface area contributed by atoms with Crippen molar-refractivity contribution in [3.63, 3.8) is 0 Å². The molecule has 3 aliphatic heterocycles. The van der Waals surface area contributed by atoms with Gasteiger partial charge in [-0.15, -0.1) is 0 Å². The number of esters is 1. The minimum Gasteiger partial charge on any atom is -0.458 e. The molecule has 24 nitrogen and oxygen atoms in total. The number of aliphatic hydroxyl groups is 1. The van der Waals surface area contributed by atoms with Crippen molar-refractivity contribution in [1.82, 2.24) is 41.0 Å². The summed E-state index contributed by atoms with van der Waals surface area (Å²) in [6.45, 7) is 6.92. The Hall–Kier alpha value is -8.58. The molecule has 448 valence electrons. The molecular formula is C59H72FN11O13. The zero-order chi connectivity index (χ0) is 60.6. The van der Waals surface area contributed by atoms with Crippen molar-refractivity contribution in [1.29, 1.82) is 0 Å². The summed E-state index contributed by atoms with van der Waals surface area (Å²) >= 11 is 0. The number of urea groups is 1. The van der Waals surface area contributed by atoms with E-state index in [1.54, 1.807) is 58.0 Å². The van der Waals surface area contributed by atoms with Gasteiger partial charge in [-0.05, 0) is 124 Å². The molecule has 9 amide bonds. The Bertz CT molecular complexity index is 3350. The molecule has 0 saturated carbocycles. The SMILES string of the molecule is CC[C@@]1(O)C(=O)OCc2c1cc1n(c2=O)Cc2c-1nc1cc(F)c(C)c3c1c2[C@@H](NC(=O)OCc1ccc(NC(=O)[C@H](CCCNC(N)=O)NC(=O)[C@@H](NC(=O)[C@H](CCCCN)NC(=O)CCCCCN2C(=O)C=CC2=O)C(C)C)cc1)CC3. The first-order chi connectivity index (χ1) is 40.1. The molecule has 0 fully saturated rings. The van der Waals surface area contributed by atoms with Gasteiger partial charge in [0.15, 0.2) is 5.60 Å². The quantitative estimate of drug-likeness (QED) is 0.0217. The molecule has 2 aromatic carbocycles. The number of aromatic nitrogens is 2. The van der Waals surface area contributed by atoms with E-state index in [0.717, 1.165) is 10.5 Å². The number of alkyl carbamates (subject to hydrolysis) is 1. The number of unbranched alkanes of at least 4 members (excludes halogenated alkanes) is 3. The first-order valence-corrected chi connectivity index (χ1v) is 28.5. The van der Waals surface area contributed by atoms with E-state index in [1.165, 1.54) is 22.8 Å². The lowest BCUT2D eigenvalue weighted by atomic mass is 9.81. The number of imide groups is 1. The molecular weight excluding hydrogens is 1090 g/mol. The number of nitrogens with one attached hydrogen (secondary N) is 6. The van der Waals surface area contributed by atoms with Crippen LogP contribution in [0.3, 0.4) is 0 Å². The summed E-state index contributed by atoms with van der Waals surface area (Å²) in [4.78, 5) is 137. The van der Waals surface area contributed by atoms with Gasteiger partial charge >= 0.3 is 18.1 Å². The number of nitrogens with two attached hydrogens (primary N) is 2. The molecule has 0 unspecified atom stereocenters. The van der Waals surface area contributed by atoms with Crippen LogP contribution in [0.4, 0.5) is 19.7 Å². The number of pyridine rings is 2. The second-order valence-corrected chi connectivity index (χ2v) is 21.9. The number of primary amides is 1. The summed E-state index contributed by atoms with van der Waals surface area (Å²) in [7, 11) is 0. The number of amides is 9. The third-order valence-corrected chi connectivity index (χ3v) is 15.9. The molecule has 1 aliphatic carbocycles. The zero-order valence-corrected chi connectivity index (χ0v) is 47.5. The standard InChI is InChI=1S/C59H72FN11O13/c1-5-59(82)38-26-44-51-36(28-71(44)55(78)37(38)30-83-56(59)79)49-40(20-19-35-32(4)39(60)27-43(66-51)48(35)49)68-58(81)84-29-33-15-17-34(18-16-33)64-52(75)42(13-11-24-63-57(62)80)67-54(77)50(31(2)3)69-53(76)41(12-8-9-23-61)65-45(72)14-7-6-10-25-70-46(73)21-22-47(70)74/h15-18,21-22,26-27,31,40-42,50,82H,5-14,19-20,23-25,28-30,61H2,1-4H3,(H,64,75)(H,65,72)(H,67,77)(H,68,81)(H,69,76)(H3,62,63,80)/t40-,41-,42-,50-,59-/m0/s1. The average molecular weight is 1160 g/mol. The highest BCUT2D eigenvalue weighted by atomic mass is 19.1. The Kier molecular flexibility index (Phi) is 19.6. The Morgan fingerprint density at radius 3 is 2.29 bits per heavy atom. The summed E-state index contributed by atoms with van der Waals surface area (Å²) in [6, 6.07) is 4.53. The van der Waals surface area contributed by atoms with Crippen molar-refractivity contribution in [2.75, 3.05) is 25.0 Å². The number of carbonyl (C=O) groups excluding carboxylic acids is 9. The molecule has 0 bridgehead atoms. The van der Waals surface area contributed by atoms with Crippen LogP contribution < -0.4 is 48.9 Å². The van der Waals surface area contributed by atoms with Gasteiger partial charge in [-0.2, -0.15) is 0 Å². The second-order valence-electron chi connectivity index (χ2n) is 21.9. The topological polar surface area (TPSA) is 355 Å². The molecule has 5 atom stereocenters. The van der Waals surface area contributed by atoms with E-state index in [4.69, 9.17) is 25.9 Å². The summed E-state index contributed by atoms with van der Waals surface area (Å²) in [5.74, 6) is -4.88. The zero-order valence-electron chi connectivity index (χ0n) is 47.5. The number of cyclic esters (lactones) is 1. The maximum absolute atomic E-state index is 15.5. The monoisotopic (exact) mass is 1160 g/mol. The number of halogens is 1. The molecule has 5 heterocycles.